The van der Waals surface area contributed by atoms with Crippen molar-refractivity contribution in [2.75, 3.05) is 27.4 Å². The summed E-state index contributed by atoms with van der Waals surface area (Å²) >= 11 is 0. The molecule has 0 radical (unpaired) electrons. The Bertz CT molecular complexity index is 2240. The van der Waals surface area contributed by atoms with Crippen LogP contribution in [-0.4, -0.2) is 117 Å². The molecular weight excluding hydrogens is 841 g/mol. The maximum atomic E-state index is 14.4. The van der Waals surface area contributed by atoms with Gasteiger partial charge in [0, 0.05) is 23.9 Å². The Morgan fingerprint density at radius 2 is 0.970 bits per heavy atom. The van der Waals surface area contributed by atoms with Gasteiger partial charge in [-0.25, -0.2) is 19.6 Å². The van der Waals surface area contributed by atoms with Gasteiger partial charge in [-0.15, -0.1) is 0 Å². The third-order valence-corrected chi connectivity index (χ3v) is 15.5. The maximum Gasteiger partial charge on any atom is 0.407 e. The zero-order chi connectivity index (χ0) is 45.7. The van der Waals surface area contributed by atoms with E-state index < -0.39 is 24.3 Å². The lowest BCUT2D eigenvalue weighted by Gasteiger charge is -2.37. The predicted octanol–water partition coefficient (Wildman–Crippen LogP) is 7.61. The Balaban J connectivity index is 0.794. The van der Waals surface area contributed by atoms with Gasteiger partial charge in [-0.3, -0.25) is 9.59 Å². The molecule has 16 heteroatoms. The van der Waals surface area contributed by atoms with Crippen LogP contribution in [0.25, 0.3) is 33.6 Å². The number of methoxy groups -OCH3 is 2. The molecule has 0 bridgehead atoms. The van der Waals surface area contributed by atoms with E-state index in [4.69, 9.17) is 28.9 Å². The van der Waals surface area contributed by atoms with Crippen LogP contribution in [0.3, 0.4) is 0 Å². The Labute approximate surface area is 385 Å². The second-order valence-electron chi connectivity index (χ2n) is 19.7. The van der Waals surface area contributed by atoms with E-state index in [0.29, 0.717) is 13.2 Å². The summed E-state index contributed by atoms with van der Waals surface area (Å²) in [5, 5.41) is 5.71. The lowest BCUT2D eigenvalue weighted by Crippen LogP contribution is -2.55. The number of likely N-dealkylation sites (tertiary alicyclic amines) is 2. The zero-order valence-electron chi connectivity index (χ0n) is 38.3. The molecule has 16 nitrogen and oxygen atoms in total. The van der Waals surface area contributed by atoms with Crippen LogP contribution in [-0.2, 0) is 28.5 Å². The van der Waals surface area contributed by atoms with Crippen LogP contribution in [0.1, 0.15) is 115 Å². The lowest BCUT2D eigenvalue weighted by atomic mass is 9.89. The van der Waals surface area contributed by atoms with Crippen LogP contribution in [0.4, 0.5) is 9.59 Å². The van der Waals surface area contributed by atoms with E-state index in [1.807, 2.05) is 22.2 Å². The van der Waals surface area contributed by atoms with Crippen molar-refractivity contribution >= 4 is 24.0 Å². The van der Waals surface area contributed by atoms with Crippen LogP contribution in [0.5, 0.6) is 0 Å². The Hall–Kier alpha value is -5.74. The van der Waals surface area contributed by atoms with E-state index in [-0.39, 0.29) is 59.0 Å². The van der Waals surface area contributed by atoms with E-state index in [1.54, 1.807) is 0 Å². The molecule has 2 spiro atoms. The number of aromatic nitrogens is 4. The molecule has 4 N–H and O–H groups in total. The van der Waals surface area contributed by atoms with Crippen LogP contribution in [0, 0.1) is 11.8 Å². The van der Waals surface area contributed by atoms with Gasteiger partial charge in [-0.2, -0.15) is 0 Å². The summed E-state index contributed by atoms with van der Waals surface area (Å²) in [6.45, 7) is 4.98. The first-order valence-electron chi connectivity index (χ1n) is 23.9. The number of hydrogen-bond acceptors (Lipinski definition) is 10. The number of H-pyrrole nitrogens is 2. The SMILES string of the molecule is COC(=O)NC(C(=O)N1C(c2ncc(-c3ccc(-c4ccc(-c5cnc([C@@H]6CC[C@H](C)N6C(=O)C(NC(=O)OC)C6CCC7(CC7)OC6)[nH]5)cc4)cc3)[nH]2)CC[C@@H]1C)C1CCC2(CC2)OC1. The van der Waals surface area contributed by atoms with E-state index in [9.17, 15) is 19.2 Å². The number of aromatic amines is 2. The summed E-state index contributed by atoms with van der Waals surface area (Å²) < 4.78 is 22.3. The molecule has 4 aliphatic heterocycles. The van der Waals surface area contributed by atoms with Crippen LogP contribution in [0.2, 0.25) is 0 Å². The summed E-state index contributed by atoms with van der Waals surface area (Å²) in [4.78, 5) is 74.1. The standard InChI is InChI=1S/C50H62N8O8/c1-29-5-15-39(57(29)45(59)41(55-47(61)63-3)35-17-19-49(21-22-49)65-27-35)43-51-25-37(53-43)33-11-7-31(8-12-33)32-9-13-34(14-10-32)38-26-52-44(54-38)40-16-6-30(2)58(40)46(60)42(56-48(62)64-4)36-18-20-50(23-24-50)66-28-36/h7-14,25-26,29-30,35-36,39-42H,5-6,15-24,27-28H2,1-4H3,(H,51,53)(H,52,54)(H,55,61)(H,56,62)/t29-,30-,35?,36?,39-,40?,41?,42?/m0/s1. The van der Waals surface area contributed by atoms with E-state index in [1.165, 1.54) is 14.2 Å². The second-order valence-corrected chi connectivity index (χ2v) is 19.7. The highest BCUT2D eigenvalue weighted by Crippen LogP contribution is 2.49. The van der Waals surface area contributed by atoms with E-state index >= 15 is 0 Å². The third-order valence-electron chi connectivity index (χ3n) is 15.5. The minimum atomic E-state index is -0.747. The summed E-state index contributed by atoms with van der Waals surface area (Å²) in [5.41, 5.74) is 5.73. The number of nitrogens with one attached hydrogen (secondary N) is 4. The summed E-state index contributed by atoms with van der Waals surface area (Å²) in [5.74, 6) is 0.914. The number of carbonyl (C=O) groups is 4. The number of rotatable bonds is 11. The Morgan fingerprint density at radius 3 is 1.30 bits per heavy atom. The van der Waals surface area contributed by atoms with Crippen molar-refractivity contribution in [2.24, 2.45) is 11.8 Å². The molecule has 2 saturated carbocycles. The monoisotopic (exact) mass is 902 g/mol. The van der Waals surface area contributed by atoms with Gasteiger partial charge < -0.3 is 49.3 Å². The number of imidazole rings is 2. The number of hydrogen-bond donors (Lipinski definition) is 4. The minimum Gasteiger partial charge on any atom is -0.453 e. The fraction of sp³-hybridized carbons (Fsp3) is 0.560. The van der Waals surface area contributed by atoms with Crippen molar-refractivity contribution in [1.82, 2.24) is 40.4 Å². The molecule has 2 aromatic carbocycles. The van der Waals surface area contributed by atoms with Gasteiger partial charge in [-0.1, -0.05) is 48.5 Å². The molecule has 2 aliphatic carbocycles. The zero-order valence-corrected chi connectivity index (χ0v) is 38.3. The molecule has 6 aliphatic rings. The topological polar surface area (TPSA) is 193 Å². The Kier molecular flexibility index (Phi) is 11.9. The molecule has 2 aromatic heterocycles. The van der Waals surface area contributed by atoms with Crippen LogP contribution >= 0.6 is 0 Å². The molecule has 10 rings (SSSR count). The quantitative estimate of drug-likeness (QED) is 0.117. The first-order valence-corrected chi connectivity index (χ1v) is 23.9. The molecule has 6 heterocycles. The number of alkyl carbamates (subject to hydrolysis) is 2. The van der Waals surface area contributed by atoms with Crippen molar-refractivity contribution in [2.45, 2.75) is 138 Å². The maximum absolute atomic E-state index is 14.4. The van der Waals surface area contributed by atoms with Crippen molar-refractivity contribution in [3.8, 4) is 33.6 Å². The number of amides is 4. The van der Waals surface area contributed by atoms with Gasteiger partial charge in [0.25, 0.3) is 0 Å². The van der Waals surface area contributed by atoms with Gasteiger partial charge in [0.05, 0.1) is 74.5 Å². The van der Waals surface area contributed by atoms with Crippen molar-refractivity contribution in [3.63, 3.8) is 0 Å². The van der Waals surface area contributed by atoms with Crippen LogP contribution in [0.15, 0.2) is 60.9 Å². The van der Waals surface area contributed by atoms with E-state index in [0.717, 1.165) is 122 Å². The molecular formula is C50H62N8O8. The summed E-state index contributed by atoms with van der Waals surface area (Å²) in [6, 6.07) is 14.6. The summed E-state index contributed by atoms with van der Waals surface area (Å²) in [7, 11) is 2.63. The number of carbonyl (C=O) groups excluding carboxylic acids is 4. The molecule has 5 unspecified atom stereocenters. The fourth-order valence-corrected chi connectivity index (χ4v) is 11.1. The molecule has 350 valence electrons. The van der Waals surface area contributed by atoms with Crippen molar-refractivity contribution in [1.29, 1.82) is 0 Å². The first-order chi connectivity index (χ1) is 32.0. The predicted molar refractivity (Wildman–Crippen MR) is 244 cm³/mol. The van der Waals surface area contributed by atoms with E-state index in [2.05, 4.69) is 83.0 Å². The smallest absolute Gasteiger partial charge is 0.407 e. The fourth-order valence-electron chi connectivity index (χ4n) is 11.1. The van der Waals surface area contributed by atoms with Gasteiger partial charge in [0.1, 0.15) is 23.7 Å². The number of ether oxygens (including phenoxy) is 4. The number of benzene rings is 2. The van der Waals surface area contributed by atoms with Crippen LogP contribution < -0.4 is 10.6 Å². The Morgan fingerprint density at radius 1 is 0.591 bits per heavy atom. The highest BCUT2D eigenvalue weighted by atomic mass is 16.5. The van der Waals surface area contributed by atoms with Crippen molar-refractivity contribution in [3.05, 3.63) is 72.6 Å². The highest BCUT2D eigenvalue weighted by molar-refractivity contribution is 5.88. The third kappa shape index (κ3) is 8.69. The van der Waals surface area contributed by atoms with Gasteiger partial charge >= 0.3 is 12.2 Å². The van der Waals surface area contributed by atoms with Gasteiger partial charge in [0.2, 0.25) is 11.8 Å². The van der Waals surface area contributed by atoms with Crippen molar-refractivity contribution < 1.29 is 38.1 Å². The minimum absolute atomic E-state index is 0.0222. The average molecular weight is 903 g/mol. The van der Waals surface area contributed by atoms with Gasteiger partial charge in [0.15, 0.2) is 0 Å². The molecule has 66 heavy (non-hydrogen) atoms. The largest absolute Gasteiger partial charge is 0.453 e. The lowest BCUT2D eigenvalue weighted by molar-refractivity contribution is -0.141. The molecule has 8 atom stereocenters. The van der Waals surface area contributed by atoms with Gasteiger partial charge in [-0.05, 0) is 113 Å². The normalized spacial score (nSPS) is 27.0. The molecule has 4 amide bonds. The number of nitrogens with zero attached hydrogens (tertiary/aromatic N) is 4. The highest BCUT2D eigenvalue weighted by Gasteiger charge is 2.52. The summed E-state index contributed by atoms with van der Waals surface area (Å²) in [6.07, 6.45) is 13.2. The first kappa shape index (κ1) is 44.1. The molecule has 4 aromatic rings. The average Bonchev–Trinajstić information content (AvgIpc) is 3.89. The molecule has 4 saturated heterocycles. The molecule has 6 fully saturated rings. The second kappa shape index (κ2) is 17.8.